The molecule has 0 amide bonds. The number of halogens is 1. The number of carbonyl (C=O) groups excluding carboxylic acids is 1. The van der Waals surface area contributed by atoms with Crippen LogP contribution in [0.2, 0.25) is 5.02 Å². The number of ketones is 1. The van der Waals surface area contributed by atoms with Crippen LogP contribution in [-0.2, 0) is 13.0 Å². The number of hydrogen-bond acceptors (Lipinski definition) is 3. The SMILES string of the molecule is CN1CCC(C(=O)c2nccn2CCc2ccccc2Cl)CC1. The molecule has 0 unspecified atom stereocenters. The molecule has 1 aliphatic rings. The van der Waals surface area contributed by atoms with Crippen LogP contribution in [0.15, 0.2) is 36.7 Å². The molecular weight excluding hydrogens is 310 g/mol. The standard InChI is InChI=1S/C18H22ClN3O/c1-21-10-6-15(7-11-21)17(23)18-20-9-13-22(18)12-8-14-4-2-3-5-16(14)19/h2-5,9,13,15H,6-8,10-12H2,1H3. The Balaban J connectivity index is 1.67. The Morgan fingerprint density at radius 2 is 2.04 bits per heavy atom. The molecule has 3 rings (SSSR count). The van der Waals surface area contributed by atoms with Gasteiger partial charge in [-0.15, -0.1) is 0 Å². The Bertz CT molecular complexity index is 674. The number of aryl methyl sites for hydroxylation is 2. The van der Waals surface area contributed by atoms with Crippen molar-refractivity contribution in [3.05, 3.63) is 53.1 Å². The topological polar surface area (TPSA) is 38.1 Å². The largest absolute Gasteiger partial charge is 0.328 e. The maximum absolute atomic E-state index is 12.7. The number of hydrogen-bond donors (Lipinski definition) is 0. The van der Waals surface area contributed by atoms with Crippen LogP contribution in [0.25, 0.3) is 0 Å². The summed E-state index contributed by atoms with van der Waals surface area (Å²) in [7, 11) is 2.10. The molecule has 0 saturated carbocycles. The van der Waals surface area contributed by atoms with Crippen molar-refractivity contribution in [1.82, 2.24) is 14.5 Å². The summed E-state index contributed by atoms with van der Waals surface area (Å²) in [5.41, 5.74) is 1.10. The number of imidazole rings is 1. The summed E-state index contributed by atoms with van der Waals surface area (Å²) in [6, 6.07) is 7.84. The lowest BCUT2D eigenvalue weighted by atomic mass is 9.92. The molecule has 1 saturated heterocycles. The van der Waals surface area contributed by atoms with Gasteiger partial charge in [0.15, 0.2) is 5.82 Å². The van der Waals surface area contributed by atoms with E-state index in [1.54, 1.807) is 6.20 Å². The Morgan fingerprint density at radius 3 is 2.78 bits per heavy atom. The van der Waals surface area contributed by atoms with Crippen LogP contribution in [-0.4, -0.2) is 40.4 Å². The normalized spacial score (nSPS) is 16.6. The maximum Gasteiger partial charge on any atom is 0.201 e. The van der Waals surface area contributed by atoms with Gasteiger partial charge < -0.3 is 9.47 Å². The molecule has 0 N–H and O–H groups in total. The number of likely N-dealkylation sites (tertiary alicyclic amines) is 1. The van der Waals surface area contributed by atoms with Gasteiger partial charge in [0.1, 0.15) is 0 Å². The van der Waals surface area contributed by atoms with Crippen molar-refractivity contribution in [2.24, 2.45) is 5.92 Å². The van der Waals surface area contributed by atoms with Gasteiger partial charge in [0.25, 0.3) is 0 Å². The summed E-state index contributed by atoms with van der Waals surface area (Å²) in [6.07, 6.45) is 6.25. The fraction of sp³-hybridized carbons (Fsp3) is 0.444. The molecule has 1 aromatic heterocycles. The van der Waals surface area contributed by atoms with Crippen LogP contribution in [0.5, 0.6) is 0 Å². The second-order valence-electron chi connectivity index (χ2n) is 6.23. The van der Waals surface area contributed by atoms with Gasteiger partial charge in [0.2, 0.25) is 5.78 Å². The molecule has 2 aromatic rings. The molecule has 1 fully saturated rings. The monoisotopic (exact) mass is 331 g/mol. The molecule has 2 heterocycles. The van der Waals surface area contributed by atoms with Gasteiger partial charge in [-0.05, 0) is 51.0 Å². The van der Waals surface area contributed by atoms with Gasteiger partial charge in [-0.1, -0.05) is 29.8 Å². The van der Waals surface area contributed by atoms with E-state index in [1.807, 2.05) is 35.0 Å². The first kappa shape index (κ1) is 16.2. The Hall–Kier alpha value is -1.65. The van der Waals surface area contributed by atoms with Crippen molar-refractivity contribution in [2.75, 3.05) is 20.1 Å². The van der Waals surface area contributed by atoms with E-state index >= 15 is 0 Å². The van der Waals surface area contributed by atoms with E-state index in [0.29, 0.717) is 5.82 Å². The lowest BCUT2D eigenvalue weighted by Crippen LogP contribution is -2.34. The zero-order chi connectivity index (χ0) is 16.2. The number of nitrogens with zero attached hydrogens (tertiary/aromatic N) is 3. The summed E-state index contributed by atoms with van der Waals surface area (Å²) in [5.74, 6) is 0.876. The molecule has 1 aromatic carbocycles. The first-order valence-electron chi connectivity index (χ1n) is 8.12. The smallest absolute Gasteiger partial charge is 0.201 e. The van der Waals surface area contributed by atoms with E-state index < -0.39 is 0 Å². The molecule has 0 aliphatic carbocycles. The van der Waals surface area contributed by atoms with Crippen LogP contribution in [0, 0.1) is 5.92 Å². The first-order valence-corrected chi connectivity index (χ1v) is 8.50. The minimum absolute atomic E-state index is 0.104. The highest BCUT2D eigenvalue weighted by molar-refractivity contribution is 6.31. The van der Waals surface area contributed by atoms with Crippen LogP contribution >= 0.6 is 11.6 Å². The van der Waals surface area contributed by atoms with Gasteiger partial charge in [0.05, 0.1) is 0 Å². The van der Waals surface area contributed by atoms with E-state index in [-0.39, 0.29) is 11.7 Å². The minimum atomic E-state index is 0.104. The Morgan fingerprint density at radius 1 is 1.30 bits per heavy atom. The number of aromatic nitrogens is 2. The first-order chi connectivity index (χ1) is 11.1. The van der Waals surface area contributed by atoms with Crippen molar-refractivity contribution in [3.63, 3.8) is 0 Å². The van der Waals surface area contributed by atoms with E-state index in [2.05, 4.69) is 16.9 Å². The Labute approximate surface area is 142 Å². The highest BCUT2D eigenvalue weighted by Crippen LogP contribution is 2.21. The fourth-order valence-corrected chi connectivity index (χ4v) is 3.34. The molecular formula is C18H22ClN3O. The van der Waals surface area contributed by atoms with E-state index in [1.165, 1.54) is 0 Å². The Kier molecular flexibility index (Phi) is 5.13. The van der Waals surface area contributed by atoms with Gasteiger partial charge in [0, 0.05) is 29.9 Å². The number of benzene rings is 1. The number of piperidine rings is 1. The third kappa shape index (κ3) is 3.82. The predicted octanol–water partition coefficient (Wildman–Crippen LogP) is 3.30. The van der Waals surface area contributed by atoms with Gasteiger partial charge >= 0.3 is 0 Å². The van der Waals surface area contributed by atoms with Gasteiger partial charge in [-0.3, -0.25) is 4.79 Å². The molecule has 5 heteroatoms. The molecule has 0 bridgehead atoms. The summed E-state index contributed by atoms with van der Waals surface area (Å²) in [5, 5.41) is 0.774. The van der Waals surface area contributed by atoms with Crippen LogP contribution in [0.3, 0.4) is 0 Å². The minimum Gasteiger partial charge on any atom is -0.328 e. The van der Waals surface area contributed by atoms with E-state index in [0.717, 1.165) is 49.5 Å². The molecule has 4 nitrogen and oxygen atoms in total. The lowest BCUT2D eigenvalue weighted by Gasteiger charge is -2.27. The molecule has 23 heavy (non-hydrogen) atoms. The highest BCUT2D eigenvalue weighted by atomic mass is 35.5. The van der Waals surface area contributed by atoms with Crippen molar-refractivity contribution in [3.8, 4) is 0 Å². The summed E-state index contributed by atoms with van der Waals surface area (Å²) in [6.45, 7) is 2.69. The van der Waals surface area contributed by atoms with Crippen LogP contribution < -0.4 is 0 Å². The third-order valence-corrected chi connectivity index (χ3v) is 4.97. The van der Waals surface area contributed by atoms with Gasteiger partial charge in [-0.2, -0.15) is 0 Å². The van der Waals surface area contributed by atoms with Crippen LogP contribution in [0.1, 0.15) is 29.0 Å². The molecule has 0 radical (unpaired) electrons. The van der Waals surface area contributed by atoms with E-state index in [9.17, 15) is 4.79 Å². The second kappa shape index (κ2) is 7.28. The van der Waals surface area contributed by atoms with Crippen molar-refractivity contribution in [2.45, 2.75) is 25.8 Å². The summed E-state index contributed by atoms with van der Waals surface area (Å²) in [4.78, 5) is 19.3. The average Bonchev–Trinajstić information content (AvgIpc) is 3.02. The number of Topliss-reactive ketones (excluding diaryl/α,β-unsaturated/α-hetero) is 1. The zero-order valence-electron chi connectivity index (χ0n) is 13.4. The average molecular weight is 332 g/mol. The predicted molar refractivity (Wildman–Crippen MR) is 91.9 cm³/mol. The highest BCUT2D eigenvalue weighted by Gasteiger charge is 2.27. The van der Waals surface area contributed by atoms with Crippen molar-refractivity contribution >= 4 is 17.4 Å². The zero-order valence-corrected chi connectivity index (χ0v) is 14.2. The maximum atomic E-state index is 12.7. The number of rotatable bonds is 5. The molecule has 122 valence electrons. The molecule has 1 aliphatic heterocycles. The summed E-state index contributed by atoms with van der Waals surface area (Å²) < 4.78 is 1.96. The number of carbonyl (C=O) groups is 1. The van der Waals surface area contributed by atoms with E-state index in [4.69, 9.17) is 11.6 Å². The second-order valence-corrected chi connectivity index (χ2v) is 6.63. The fourth-order valence-electron chi connectivity index (χ4n) is 3.11. The third-order valence-electron chi connectivity index (χ3n) is 4.61. The lowest BCUT2D eigenvalue weighted by molar-refractivity contribution is 0.0841. The van der Waals surface area contributed by atoms with Crippen LogP contribution in [0.4, 0.5) is 0 Å². The molecule has 0 atom stereocenters. The van der Waals surface area contributed by atoms with Crippen molar-refractivity contribution in [1.29, 1.82) is 0 Å². The quantitative estimate of drug-likeness (QED) is 0.789. The summed E-state index contributed by atoms with van der Waals surface area (Å²) >= 11 is 6.21. The molecule has 0 spiro atoms. The van der Waals surface area contributed by atoms with Gasteiger partial charge in [-0.25, -0.2) is 4.98 Å². The van der Waals surface area contributed by atoms with Crippen molar-refractivity contribution < 1.29 is 4.79 Å².